The van der Waals surface area contributed by atoms with Crippen LogP contribution in [-0.4, -0.2) is 5.38 Å². The summed E-state index contributed by atoms with van der Waals surface area (Å²) >= 11 is 5.48. The van der Waals surface area contributed by atoms with Gasteiger partial charge in [-0.25, -0.2) is 8.78 Å². The summed E-state index contributed by atoms with van der Waals surface area (Å²) in [4.78, 5) is 0. The monoisotopic (exact) mass is 164 g/mol. The Balaban J connectivity index is 2.90. The van der Waals surface area contributed by atoms with Crippen molar-refractivity contribution in [3.63, 3.8) is 0 Å². The molecule has 1 unspecified atom stereocenters. The summed E-state index contributed by atoms with van der Waals surface area (Å²) in [6, 6.07) is 0. The standard InChI is InChI=1S/C7H7ClF2/c1-4-6(9)2-5(8)3-7(4)10/h2,5H,3H2,1H3. The first-order valence-corrected chi connectivity index (χ1v) is 3.42. The molecule has 1 aliphatic rings. The summed E-state index contributed by atoms with van der Waals surface area (Å²) in [5.41, 5.74) is 0.0805. The van der Waals surface area contributed by atoms with E-state index in [-0.39, 0.29) is 12.0 Å². The Morgan fingerprint density at radius 2 is 2.20 bits per heavy atom. The van der Waals surface area contributed by atoms with Gasteiger partial charge in [0, 0.05) is 12.0 Å². The van der Waals surface area contributed by atoms with Gasteiger partial charge in [0.15, 0.2) is 0 Å². The molecule has 0 spiro atoms. The van der Waals surface area contributed by atoms with Gasteiger partial charge in [-0.15, -0.1) is 11.6 Å². The normalized spacial score (nSPS) is 26.8. The second kappa shape index (κ2) is 2.70. The zero-order valence-electron chi connectivity index (χ0n) is 5.50. The van der Waals surface area contributed by atoms with E-state index in [1.807, 2.05) is 0 Å². The molecule has 0 nitrogen and oxygen atoms in total. The van der Waals surface area contributed by atoms with E-state index in [0.717, 1.165) is 0 Å². The van der Waals surface area contributed by atoms with E-state index in [1.165, 1.54) is 13.0 Å². The maximum Gasteiger partial charge on any atom is 0.126 e. The fourth-order valence-electron chi connectivity index (χ4n) is 0.797. The molecule has 3 heteroatoms. The zero-order chi connectivity index (χ0) is 7.72. The molecular weight excluding hydrogens is 158 g/mol. The third-order valence-electron chi connectivity index (χ3n) is 1.47. The highest BCUT2D eigenvalue weighted by Gasteiger charge is 2.17. The molecule has 1 rings (SSSR count). The van der Waals surface area contributed by atoms with Gasteiger partial charge >= 0.3 is 0 Å². The lowest BCUT2D eigenvalue weighted by Crippen LogP contribution is -2.02. The first-order chi connectivity index (χ1) is 4.61. The Morgan fingerprint density at radius 1 is 1.60 bits per heavy atom. The molecule has 0 fully saturated rings. The minimum absolute atomic E-state index is 0.0805. The first-order valence-electron chi connectivity index (χ1n) is 2.98. The summed E-state index contributed by atoms with van der Waals surface area (Å²) in [6.07, 6.45) is 1.33. The molecule has 0 N–H and O–H groups in total. The van der Waals surface area contributed by atoms with Crippen LogP contribution in [0.2, 0.25) is 0 Å². The Morgan fingerprint density at radius 3 is 2.70 bits per heavy atom. The van der Waals surface area contributed by atoms with Gasteiger partial charge in [0.25, 0.3) is 0 Å². The number of halogens is 3. The van der Waals surface area contributed by atoms with Crippen molar-refractivity contribution in [3.05, 3.63) is 23.3 Å². The molecule has 0 heterocycles. The summed E-state index contributed by atoms with van der Waals surface area (Å²) < 4.78 is 25.1. The molecule has 0 aliphatic heterocycles. The van der Waals surface area contributed by atoms with Crippen LogP contribution in [-0.2, 0) is 0 Å². The molecular formula is C7H7ClF2. The second-order valence-corrected chi connectivity index (χ2v) is 2.83. The van der Waals surface area contributed by atoms with Crippen molar-refractivity contribution in [1.29, 1.82) is 0 Å². The molecule has 0 radical (unpaired) electrons. The highest BCUT2D eigenvalue weighted by atomic mass is 35.5. The van der Waals surface area contributed by atoms with Crippen LogP contribution in [0.25, 0.3) is 0 Å². The molecule has 0 aromatic carbocycles. The van der Waals surface area contributed by atoms with Gasteiger partial charge in [0.05, 0.1) is 5.38 Å². The molecule has 1 atom stereocenters. The molecule has 0 saturated heterocycles. The van der Waals surface area contributed by atoms with E-state index >= 15 is 0 Å². The molecule has 1 aliphatic carbocycles. The lowest BCUT2D eigenvalue weighted by atomic mass is 10.1. The van der Waals surface area contributed by atoms with E-state index in [1.54, 1.807) is 0 Å². The van der Waals surface area contributed by atoms with Crippen LogP contribution in [0.5, 0.6) is 0 Å². The van der Waals surface area contributed by atoms with Crippen molar-refractivity contribution < 1.29 is 8.78 Å². The second-order valence-electron chi connectivity index (χ2n) is 2.26. The van der Waals surface area contributed by atoms with Gasteiger partial charge in [-0.1, -0.05) is 0 Å². The fourth-order valence-corrected chi connectivity index (χ4v) is 1.04. The average molecular weight is 165 g/mol. The van der Waals surface area contributed by atoms with E-state index < -0.39 is 17.0 Å². The minimum Gasteiger partial charge on any atom is -0.211 e. The van der Waals surface area contributed by atoms with Crippen molar-refractivity contribution >= 4 is 11.6 Å². The van der Waals surface area contributed by atoms with Crippen LogP contribution in [0.4, 0.5) is 8.78 Å². The molecule has 10 heavy (non-hydrogen) atoms. The zero-order valence-corrected chi connectivity index (χ0v) is 6.25. The van der Waals surface area contributed by atoms with Crippen LogP contribution in [0, 0.1) is 0 Å². The number of alkyl halides is 1. The summed E-state index contributed by atoms with van der Waals surface area (Å²) in [5.74, 6) is -0.983. The van der Waals surface area contributed by atoms with E-state index in [2.05, 4.69) is 0 Å². The Bertz CT molecular complexity index is 206. The maximum absolute atomic E-state index is 12.6. The molecule has 0 saturated carbocycles. The van der Waals surface area contributed by atoms with Crippen molar-refractivity contribution in [3.8, 4) is 0 Å². The van der Waals surface area contributed by atoms with Gasteiger partial charge in [-0.05, 0) is 13.0 Å². The quantitative estimate of drug-likeness (QED) is 0.483. The lowest BCUT2D eigenvalue weighted by molar-refractivity contribution is 0.543. The van der Waals surface area contributed by atoms with Crippen molar-refractivity contribution in [2.75, 3.05) is 0 Å². The number of hydrogen-bond donors (Lipinski definition) is 0. The van der Waals surface area contributed by atoms with Crippen LogP contribution in [0.3, 0.4) is 0 Å². The van der Waals surface area contributed by atoms with Crippen LogP contribution >= 0.6 is 11.6 Å². The number of allylic oxidation sites excluding steroid dienone is 4. The van der Waals surface area contributed by atoms with Crippen molar-refractivity contribution in [2.45, 2.75) is 18.7 Å². The topological polar surface area (TPSA) is 0 Å². The SMILES string of the molecule is CC1=C(F)CC(Cl)C=C1F. The first kappa shape index (κ1) is 7.73. The average Bonchev–Trinajstić information content (AvgIpc) is 1.82. The predicted octanol–water partition coefficient (Wildman–Crippen LogP) is 3.09. The molecule has 0 aromatic rings. The Kier molecular flexibility index (Phi) is 2.09. The van der Waals surface area contributed by atoms with Crippen LogP contribution in [0.15, 0.2) is 23.3 Å². The minimum atomic E-state index is -0.538. The van der Waals surface area contributed by atoms with E-state index in [0.29, 0.717) is 0 Å². The van der Waals surface area contributed by atoms with E-state index in [4.69, 9.17) is 11.6 Å². The third-order valence-corrected chi connectivity index (χ3v) is 1.75. The Hall–Kier alpha value is -0.370. The Labute approximate surface area is 63.2 Å². The van der Waals surface area contributed by atoms with Gasteiger partial charge in [0.2, 0.25) is 0 Å². The third kappa shape index (κ3) is 1.37. The van der Waals surface area contributed by atoms with Crippen LogP contribution in [0.1, 0.15) is 13.3 Å². The van der Waals surface area contributed by atoms with Gasteiger partial charge in [0.1, 0.15) is 11.7 Å². The highest BCUT2D eigenvalue weighted by Crippen LogP contribution is 2.28. The smallest absolute Gasteiger partial charge is 0.126 e. The number of hydrogen-bond acceptors (Lipinski definition) is 0. The highest BCUT2D eigenvalue weighted by molar-refractivity contribution is 6.22. The van der Waals surface area contributed by atoms with Crippen molar-refractivity contribution in [2.24, 2.45) is 0 Å². The van der Waals surface area contributed by atoms with E-state index in [9.17, 15) is 8.78 Å². The number of rotatable bonds is 0. The summed E-state index contributed by atoms with van der Waals surface area (Å²) in [7, 11) is 0. The molecule has 56 valence electrons. The summed E-state index contributed by atoms with van der Waals surface area (Å²) in [6.45, 7) is 1.41. The predicted molar refractivity (Wildman–Crippen MR) is 37.3 cm³/mol. The molecule has 0 bridgehead atoms. The van der Waals surface area contributed by atoms with Gasteiger partial charge < -0.3 is 0 Å². The summed E-state index contributed by atoms with van der Waals surface area (Å²) in [5, 5.41) is -0.524. The van der Waals surface area contributed by atoms with Gasteiger partial charge in [-0.3, -0.25) is 0 Å². The lowest BCUT2D eigenvalue weighted by Gasteiger charge is -2.11. The molecule has 0 amide bonds. The largest absolute Gasteiger partial charge is 0.211 e. The van der Waals surface area contributed by atoms with Crippen molar-refractivity contribution in [1.82, 2.24) is 0 Å². The maximum atomic E-state index is 12.6. The fraction of sp³-hybridized carbons (Fsp3) is 0.429. The van der Waals surface area contributed by atoms with Crippen LogP contribution < -0.4 is 0 Å². The molecule has 0 aromatic heterocycles. The van der Waals surface area contributed by atoms with Gasteiger partial charge in [-0.2, -0.15) is 0 Å².